The highest BCUT2D eigenvalue weighted by molar-refractivity contribution is 7.89. The van der Waals surface area contributed by atoms with Gasteiger partial charge in [0.25, 0.3) is 0 Å². The van der Waals surface area contributed by atoms with Crippen LogP contribution in [0.15, 0.2) is 0 Å². The number of alkyl halides is 1. The smallest absolute Gasteiger partial charge is 0.211 e. The van der Waals surface area contributed by atoms with E-state index in [1.54, 1.807) is 6.92 Å². The highest BCUT2D eigenvalue weighted by atomic mass is 35.5. The van der Waals surface area contributed by atoms with Crippen molar-refractivity contribution in [1.82, 2.24) is 4.72 Å². The topological polar surface area (TPSA) is 46.2 Å². The number of halogens is 1. The van der Waals surface area contributed by atoms with Crippen LogP contribution in [-0.2, 0) is 10.0 Å². The molecular formula is C7H16ClNO2S. The fourth-order valence-corrected chi connectivity index (χ4v) is 1.35. The molecule has 5 heteroatoms. The van der Waals surface area contributed by atoms with Gasteiger partial charge < -0.3 is 0 Å². The quantitative estimate of drug-likeness (QED) is 0.698. The molecule has 0 amide bonds. The van der Waals surface area contributed by atoms with Crippen LogP contribution >= 0.6 is 11.6 Å². The lowest BCUT2D eigenvalue weighted by atomic mass is 10.1. The van der Waals surface area contributed by atoms with Gasteiger partial charge in [0, 0.05) is 11.9 Å². The fourth-order valence-electron chi connectivity index (χ4n) is 0.544. The zero-order valence-corrected chi connectivity index (χ0v) is 9.24. The van der Waals surface area contributed by atoms with Gasteiger partial charge in [0.15, 0.2) is 0 Å². The highest BCUT2D eigenvalue weighted by Gasteiger charge is 2.13. The number of nitrogens with one attached hydrogen (secondary N) is 1. The third-order valence-electron chi connectivity index (χ3n) is 1.60. The van der Waals surface area contributed by atoms with Crippen molar-refractivity contribution < 1.29 is 8.42 Å². The van der Waals surface area contributed by atoms with Crippen LogP contribution in [0.3, 0.4) is 0 Å². The zero-order chi connectivity index (χ0) is 9.78. The van der Waals surface area contributed by atoms with Gasteiger partial charge in [-0.15, -0.1) is 11.6 Å². The van der Waals surface area contributed by atoms with Gasteiger partial charge in [0.2, 0.25) is 10.0 Å². The molecule has 12 heavy (non-hydrogen) atoms. The Bertz CT molecular complexity index is 213. The molecule has 0 radical (unpaired) electrons. The first-order valence-corrected chi connectivity index (χ1v) is 6.09. The van der Waals surface area contributed by atoms with Gasteiger partial charge in [0.05, 0.1) is 5.75 Å². The van der Waals surface area contributed by atoms with Crippen LogP contribution in [0, 0.1) is 5.92 Å². The van der Waals surface area contributed by atoms with Crippen molar-refractivity contribution in [3.8, 4) is 0 Å². The van der Waals surface area contributed by atoms with Gasteiger partial charge in [-0.1, -0.05) is 13.8 Å². The molecule has 0 bridgehead atoms. The Balaban J connectivity index is 3.84. The summed E-state index contributed by atoms with van der Waals surface area (Å²) in [6.45, 7) is 5.83. The van der Waals surface area contributed by atoms with Crippen LogP contribution in [0.4, 0.5) is 0 Å². The predicted octanol–water partition coefficient (Wildman–Crippen LogP) is 1.19. The second-order valence-electron chi connectivity index (χ2n) is 3.01. The molecule has 0 aliphatic heterocycles. The predicted molar refractivity (Wildman–Crippen MR) is 51.9 cm³/mol. The summed E-state index contributed by atoms with van der Waals surface area (Å²) in [6, 6.07) is 0. The summed E-state index contributed by atoms with van der Waals surface area (Å²) in [4.78, 5) is 0. The van der Waals surface area contributed by atoms with E-state index in [1.807, 2.05) is 13.8 Å². The van der Waals surface area contributed by atoms with Crippen LogP contribution in [0.2, 0.25) is 0 Å². The van der Waals surface area contributed by atoms with E-state index in [1.165, 1.54) is 0 Å². The summed E-state index contributed by atoms with van der Waals surface area (Å²) in [7, 11) is -3.08. The molecule has 0 saturated heterocycles. The Kier molecular flexibility index (Phi) is 5.13. The van der Waals surface area contributed by atoms with E-state index >= 15 is 0 Å². The summed E-state index contributed by atoms with van der Waals surface area (Å²) in [5.41, 5.74) is 0. The maximum absolute atomic E-state index is 11.0. The van der Waals surface area contributed by atoms with Crippen molar-refractivity contribution >= 4 is 21.6 Å². The average Bonchev–Trinajstić information content (AvgIpc) is 2.00. The van der Waals surface area contributed by atoms with Crippen LogP contribution in [-0.4, -0.2) is 26.1 Å². The molecule has 0 aromatic rings. The number of hydrogen-bond acceptors (Lipinski definition) is 2. The van der Waals surface area contributed by atoms with Gasteiger partial charge >= 0.3 is 0 Å². The minimum absolute atomic E-state index is 0.106. The first-order chi connectivity index (χ1) is 5.39. The maximum Gasteiger partial charge on any atom is 0.211 e. The summed E-state index contributed by atoms with van der Waals surface area (Å²) in [5.74, 6) is 0.389. The Morgan fingerprint density at radius 2 is 1.92 bits per heavy atom. The van der Waals surface area contributed by atoms with Crippen molar-refractivity contribution in [3.63, 3.8) is 0 Å². The number of rotatable bonds is 5. The third kappa shape index (κ3) is 4.95. The van der Waals surface area contributed by atoms with Gasteiger partial charge in [-0.25, -0.2) is 13.1 Å². The van der Waals surface area contributed by atoms with E-state index < -0.39 is 10.0 Å². The molecule has 0 aliphatic rings. The average molecular weight is 214 g/mol. The molecule has 0 spiro atoms. The van der Waals surface area contributed by atoms with E-state index in [0.717, 1.165) is 0 Å². The highest BCUT2D eigenvalue weighted by Crippen LogP contribution is 2.07. The molecule has 0 aromatic carbocycles. The minimum atomic E-state index is -3.08. The second-order valence-corrected chi connectivity index (χ2v) is 5.67. The SMILES string of the molecule is CCS(=O)(=O)NCC(Cl)C(C)C. The van der Waals surface area contributed by atoms with Crippen LogP contribution in [0.25, 0.3) is 0 Å². The fraction of sp³-hybridized carbons (Fsp3) is 1.00. The zero-order valence-electron chi connectivity index (χ0n) is 7.67. The van der Waals surface area contributed by atoms with Crippen molar-refractivity contribution in [2.75, 3.05) is 12.3 Å². The molecule has 0 rings (SSSR count). The standard InChI is InChI=1S/C7H16ClNO2S/c1-4-12(10,11)9-5-7(8)6(2)3/h6-7,9H,4-5H2,1-3H3. The molecule has 0 fully saturated rings. The first kappa shape index (κ1) is 12.2. The second kappa shape index (κ2) is 5.04. The lowest BCUT2D eigenvalue weighted by Crippen LogP contribution is -2.32. The van der Waals surface area contributed by atoms with Crippen molar-refractivity contribution in [1.29, 1.82) is 0 Å². The normalized spacial score (nSPS) is 15.1. The van der Waals surface area contributed by atoms with Crippen LogP contribution in [0.1, 0.15) is 20.8 Å². The van der Waals surface area contributed by atoms with Crippen molar-refractivity contribution in [2.24, 2.45) is 5.92 Å². The Hall–Kier alpha value is 0.200. The van der Waals surface area contributed by atoms with Gasteiger partial charge in [0.1, 0.15) is 0 Å². The van der Waals surface area contributed by atoms with Gasteiger partial charge in [-0.3, -0.25) is 0 Å². The molecule has 0 saturated carbocycles. The maximum atomic E-state index is 11.0. The monoisotopic (exact) mass is 213 g/mol. The molecule has 1 atom stereocenters. The first-order valence-electron chi connectivity index (χ1n) is 4.00. The van der Waals surface area contributed by atoms with Gasteiger partial charge in [-0.2, -0.15) is 0 Å². The summed E-state index contributed by atoms with van der Waals surface area (Å²) < 4.78 is 24.3. The summed E-state index contributed by atoms with van der Waals surface area (Å²) in [5, 5.41) is -0.133. The molecule has 74 valence electrons. The summed E-state index contributed by atoms with van der Waals surface area (Å²) >= 11 is 5.85. The third-order valence-corrected chi connectivity index (χ3v) is 3.63. The minimum Gasteiger partial charge on any atom is -0.214 e. The van der Waals surface area contributed by atoms with E-state index in [2.05, 4.69) is 4.72 Å². The molecule has 0 aliphatic carbocycles. The van der Waals surface area contributed by atoms with E-state index in [4.69, 9.17) is 11.6 Å². The largest absolute Gasteiger partial charge is 0.214 e. The Morgan fingerprint density at radius 1 is 1.42 bits per heavy atom. The van der Waals surface area contributed by atoms with Gasteiger partial charge in [-0.05, 0) is 12.8 Å². The molecular weight excluding hydrogens is 198 g/mol. The van der Waals surface area contributed by atoms with Crippen LogP contribution in [0.5, 0.6) is 0 Å². The lowest BCUT2D eigenvalue weighted by molar-refractivity contribution is 0.557. The Labute approximate surface area is 79.5 Å². The molecule has 3 nitrogen and oxygen atoms in total. The lowest BCUT2D eigenvalue weighted by Gasteiger charge is -2.13. The van der Waals surface area contributed by atoms with E-state index in [-0.39, 0.29) is 17.0 Å². The number of hydrogen-bond donors (Lipinski definition) is 1. The molecule has 0 aromatic heterocycles. The van der Waals surface area contributed by atoms with Crippen molar-refractivity contribution in [3.05, 3.63) is 0 Å². The van der Waals surface area contributed by atoms with E-state index in [9.17, 15) is 8.42 Å². The van der Waals surface area contributed by atoms with Crippen LogP contribution < -0.4 is 4.72 Å². The summed E-state index contributed by atoms with van der Waals surface area (Å²) in [6.07, 6.45) is 0. The molecule has 1 unspecified atom stereocenters. The van der Waals surface area contributed by atoms with Crippen molar-refractivity contribution in [2.45, 2.75) is 26.1 Å². The molecule has 1 N–H and O–H groups in total. The Morgan fingerprint density at radius 3 is 2.25 bits per heavy atom. The molecule has 0 heterocycles. The number of sulfonamides is 1. The van der Waals surface area contributed by atoms with E-state index in [0.29, 0.717) is 6.54 Å².